The van der Waals surface area contributed by atoms with E-state index in [1.165, 1.54) is 12.7 Å². The lowest BCUT2D eigenvalue weighted by Crippen LogP contribution is -2.07. The summed E-state index contributed by atoms with van der Waals surface area (Å²) >= 11 is 0. The van der Waals surface area contributed by atoms with Crippen molar-refractivity contribution in [2.75, 3.05) is 23.7 Å². The van der Waals surface area contributed by atoms with E-state index in [4.69, 9.17) is 5.73 Å². The van der Waals surface area contributed by atoms with Crippen LogP contribution in [0.1, 0.15) is 0 Å². The fourth-order valence-electron chi connectivity index (χ4n) is 2.59. The lowest BCUT2D eigenvalue weighted by molar-refractivity contribution is 1.03. The number of pyridine rings is 1. The van der Waals surface area contributed by atoms with Gasteiger partial charge in [-0.25, -0.2) is 9.98 Å². The lowest BCUT2D eigenvalue weighted by Gasteiger charge is -2.14. The standard InChI is InChI=1S/C21H22N6/c22-15-24-16-23-11-12-25-20-13-21(27-18-9-5-2-6-10-18)26-14-19(20)17-7-3-1-4-8-17/h1-10,13-16H,11-12H2,(H2,22,23,24)(H2,25,26,27). The van der Waals surface area contributed by atoms with Gasteiger partial charge in [0.25, 0.3) is 0 Å². The van der Waals surface area contributed by atoms with Crippen LogP contribution in [0.25, 0.3) is 11.1 Å². The molecule has 0 fully saturated rings. The van der Waals surface area contributed by atoms with Crippen molar-refractivity contribution < 1.29 is 0 Å². The maximum Gasteiger partial charge on any atom is 0.132 e. The summed E-state index contributed by atoms with van der Waals surface area (Å²) in [6.07, 6.45) is 4.55. The van der Waals surface area contributed by atoms with E-state index in [1.54, 1.807) is 0 Å². The highest BCUT2D eigenvalue weighted by molar-refractivity contribution is 5.79. The van der Waals surface area contributed by atoms with Crippen LogP contribution in [0.2, 0.25) is 0 Å². The SMILES string of the molecule is NC=NC=NCCNc1cc(Nc2ccccc2)ncc1-c1ccccc1. The highest BCUT2D eigenvalue weighted by Crippen LogP contribution is 2.29. The number of aromatic nitrogens is 1. The van der Waals surface area contributed by atoms with E-state index in [-0.39, 0.29) is 0 Å². The van der Waals surface area contributed by atoms with E-state index in [0.29, 0.717) is 13.1 Å². The van der Waals surface area contributed by atoms with Crippen molar-refractivity contribution in [2.45, 2.75) is 0 Å². The zero-order valence-corrected chi connectivity index (χ0v) is 14.9. The van der Waals surface area contributed by atoms with Gasteiger partial charge in [0.2, 0.25) is 0 Å². The summed E-state index contributed by atoms with van der Waals surface area (Å²) in [5.74, 6) is 0.777. The third-order valence-corrected chi connectivity index (χ3v) is 3.83. The maximum absolute atomic E-state index is 5.19. The number of nitrogens with two attached hydrogens (primary N) is 1. The van der Waals surface area contributed by atoms with Crippen molar-refractivity contribution >= 4 is 29.9 Å². The Morgan fingerprint density at radius 3 is 2.48 bits per heavy atom. The first-order chi connectivity index (χ1) is 13.4. The Labute approximate surface area is 158 Å². The van der Waals surface area contributed by atoms with Gasteiger partial charge in [-0.05, 0) is 17.7 Å². The minimum absolute atomic E-state index is 0.593. The van der Waals surface area contributed by atoms with Crippen LogP contribution in [0.4, 0.5) is 17.2 Å². The molecule has 0 unspecified atom stereocenters. The zero-order chi connectivity index (χ0) is 18.7. The molecule has 3 rings (SSSR count). The first-order valence-electron chi connectivity index (χ1n) is 8.70. The van der Waals surface area contributed by atoms with Crippen molar-refractivity contribution in [3.8, 4) is 11.1 Å². The molecule has 0 atom stereocenters. The molecule has 0 aliphatic heterocycles. The second-order valence-corrected chi connectivity index (χ2v) is 5.72. The molecule has 6 nitrogen and oxygen atoms in total. The number of anilines is 3. The number of nitrogens with zero attached hydrogens (tertiary/aromatic N) is 3. The average molecular weight is 358 g/mol. The van der Waals surface area contributed by atoms with Gasteiger partial charge in [0.15, 0.2) is 0 Å². The molecule has 0 saturated heterocycles. The molecule has 0 aliphatic carbocycles. The third-order valence-electron chi connectivity index (χ3n) is 3.83. The smallest absolute Gasteiger partial charge is 0.132 e. The van der Waals surface area contributed by atoms with Crippen LogP contribution in [0, 0.1) is 0 Å². The van der Waals surface area contributed by atoms with Gasteiger partial charge in [-0.1, -0.05) is 48.5 Å². The highest BCUT2D eigenvalue weighted by Gasteiger charge is 2.07. The number of nitrogens with one attached hydrogen (secondary N) is 2. The topological polar surface area (TPSA) is 87.7 Å². The summed E-state index contributed by atoms with van der Waals surface area (Å²) in [6.45, 7) is 1.26. The third kappa shape index (κ3) is 5.40. The minimum Gasteiger partial charge on any atom is -0.390 e. The van der Waals surface area contributed by atoms with E-state index in [2.05, 4.69) is 37.7 Å². The molecule has 2 aromatic carbocycles. The van der Waals surface area contributed by atoms with Gasteiger partial charge < -0.3 is 16.4 Å². The van der Waals surface area contributed by atoms with Crippen molar-refractivity contribution in [1.82, 2.24) is 4.98 Å². The Morgan fingerprint density at radius 1 is 1.00 bits per heavy atom. The number of aliphatic imine (C=N–C) groups is 2. The molecule has 27 heavy (non-hydrogen) atoms. The molecule has 0 radical (unpaired) electrons. The van der Waals surface area contributed by atoms with E-state index in [9.17, 15) is 0 Å². The molecule has 0 aliphatic rings. The predicted molar refractivity (Wildman–Crippen MR) is 114 cm³/mol. The van der Waals surface area contributed by atoms with Gasteiger partial charge in [0.1, 0.15) is 12.2 Å². The van der Waals surface area contributed by atoms with Gasteiger partial charge in [-0.15, -0.1) is 0 Å². The molecule has 0 amide bonds. The minimum atomic E-state index is 0.593. The van der Waals surface area contributed by atoms with Crippen LogP contribution in [-0.2, 0) is 0 Å². The Kier molecular flexibility index (Phi) is 6.53. The van der Waals surface area contributed by atoms with Crippen LogP contribution in [0.15, 0.2) is 82.9 Å². The van der Waals surface area contributed by atoms with Crippen LogP contribution < -0.4 is 16.4 Å². The molecule has 4 N–H and O–H groups in total. The second-order valence-electron chi connectivity index (χ2n) is 5.72. The van der Waals surface area contributed by atoms with Crippen LogP contribution in [-0.4, -0.2) is 30.8 Å². The summed E-state index contributed by atoms with van der Waals surface area (Å²) in [5.41, 5.74) is 9.32. The molecule has 3 aromatic rings. The monoisotopic (exact) mass is 358 g/mol. The Hall–Kier alpha value is -3.67. The number of hydrogen-bond donors (Lipinski definition) is 3. The summed E-state index contributed by atoms with van der Waals surface area (Å²) in [4.78, 5) is 12.5. The molecule has 0 spiro atoms. The van der Waals surface area contributed by atoms with E-state index in [1.807, 2.05) is 60.8 Å². The largest absolute Gasteiger partial charge is 0.390 e. The van der Waals surface area contributed by atoms with Gasteiger partial charge in [0.05, 0.1) is 12.9 Å². The first-order valence-corrected chi connectivity index (χ1v) is 8.70. The summed E-state index contributed by atoms with van der Waals surface area (Å²) in [6, 6.07) is 22.2. The van der Waals surface area contributed by atoms with Crippen molar-refractivity contribution in [3.63, 3.8) is 0 Å². The molecule has 1 aromatic heterocycles. The molecule has 1 heterocycles. The normalized spacial score (nSPS) is 11.1. The van der Waals surface area contributed by atoms with Crippen molar-refractivity contribution in [1.29, 1.82) is 0 Å². The summed E-state index contributed by atoms with van der Waals surface area (Å²) < 4.78 is 0. The average Bonchev–Trinajstić information content (AvgIpc) is 2.72. The number of rotatable bonds is 8. The van der Waals surface area contributed by atoms with Crippen LogP contribution in [0.5, 0.6) is 0 Å². The summed E-state index contributed by atoms with van der Waals surface area (Å²) in [7, 11) is 0. The Balaban J connectivity index is 1.80. The predicted octanol–water partition coefficient (Wildman–Crippen LogP) is 3.92. The molecular weight excluding hydrogens is 336 g/mol. The van der Waals surface area contributed by atoms with Gasteiger partial charge >= 0.3 is 0 Å². The molecule has 6 heteroatoms. The molecule has 0 saturated carbocycles. The molecular formula is C21H22N6. The number of hydrogen-bond acceptors (Lipinski definition) is 4. The summed E-state index contributed by atoms with van der Waals surface area (Å²) in [5, 5.41) is 6.77. The lowest BCUT2D eigenvalue weighted by atomic mass is 10.1. The highest BCUT2D eigenvalue weighted by atomic mass is 15.0. The number of para-hydroxylation sites is 1. The van der Waals surface area contributed by atoms with E-state index in [0.717, 1.165) is 28.3 Å². The maximum atomic E-state index is 5.19. The Bertz CT molecular complexity index is 891. The van der Waals surface area contributed by atoms with Gasteiger partial charge in [0, 0.05) is 35.7 Å². The van der Waals surface area contributed by atoms with Crippen molar-refractivity contribution in [2.24, 2.45) is 15.7 Å². The van der Waals surface area contributed by atoms with Crippen LogP contribution in [0.3, 0.4) is 0 Å². The number of benzene rings is 2. The van der Waals surface area contributed by atoms with Gasteiger partial charge in [-0.3, -0.25) is 4.99 Å². The van der Waals surface area contributed by atoms with E-state index < -0.39 is 0 Å². The molecule has 136 valence electrons. The quantitative estimate of drug-likeness (QED) is 0.323. The first kappa shape index (κ1) is 18.1. The van der Waals surface area contributed by atoms with Gasteiger partial charge in [-0.2, -0.15) is 0 Å². The zero-order valence-electron chi connectivity index (χ0n) is 14.9. The fourth-order valence-corrected chi connectivity index (χ4v) is 2.59. The second kappa shape index (κ2) is 9.72. The van der Waals surface area contributed by atoms with Crippen LogP contribution >= 0.6 is 0 Å². The molecule has 0 bridgehead atoms. The van der Waals surface area contributed by atoms with E-state index >= 15 is 0 Å². The Morgan fingerprint density at radius 2 is 1.74 bits per heavy atom. The fraction of sp³-hybridized carbons (Fsp3) is 0.0952. The van der Waals surface area contributed by atoms with Crippen molar-refractivity contribution in [3.05, 3.63) is 72.9 Å².